The second kappa shape index (κ2) is 13.0. The maximum absolute atomic E-state index is 12.3. The number of unbranched alkanes of at least 4 members (excludes halogenated alkanes) is 4. The molecule has 2 aliphatic heterocycles. The van der Waals surface area contributed by atoms with Crippen LogP contribution in [0.3, 0.4) is 0 Å². The number of carbonyl (C=O) groups is 1. The molecule has 0 radical (unpaired) electrons. The molecule has 0 atom stereocenters. The molecule has 6 rings (SSSR count). The summed E-state index contributed by atoms with van der Waals surface area (Å²) in [6.45, 7) is 12.1. The molecule has 1 amide bonds. The lowest BCUT2D eigenvalue weighted by Crippen LogP contribution is -2.50. The minimum absolute atomic E-state index is 0.198. The average molecular weight is 627 g/mol. The van der Waals surface area contributed by atoms with Crippen molar-refractivity contribution >= 4 is 23.4 Å². The van der Waals surface area contributed by atoms with Gasteiger partial charge in [-0.3, -0.25) is 14.5 Å². The van der Waals surface area contributed by atoms with Crippen LogP contribution >= 0.6 is 11.6 Å². The number of ether oxygens (including phenoxy) is 1. The van der Waals surface area contributed by atoms with Gasteiger partial charge in [0.05, 0.1) is 11.4 Å². The van der Waals surface area contributed by atoms with Crippen molar-refractivity contribution < 1.29 is 9.53 Å². The van der Waals surface area contributed by atoms with E-state index in [1.807, 2.05) is 56.9 Å². The molecule has 1 aromatic heterocycles. The number of hydrogen-bond donors (Lipinski definition) is 0. The molecular weight excluding hydrogens is 584 g/mol. The van der Waals surface area contributed by atoms with Crippen LogP contribution < -0.4 is 0 Å². The quantitative estimate of drug-likeness (QED) is 0.210. The van der Waals surface area contributed by atoms with Gasteiger partial charge in [0, 0.05) is 54.3 Å². The maximum Gasteiger partial charge on any atom is 0.410 e. The molecule has 236 valence electrons. The second-order valence-electron chi connectivity index (χ2n) is 13.4. The molecule has 1 spiro atoms. The summed E-state index contributed by atoms with van der Waals surface area (Å²) < 4.78 is 7.68. The number of piperazine rings is 1. The van der Waals surface area contributed by atoms with Gasteiger partial charge in [0.25, 0.3) is 0 Å². The van der Waals surface area contributed by atoms with Crippen molar-refractivity contribution in [2.24, 2.45) is 4.99 Å². The van der Waals surface area contributed by atoms with Crippen molar-refractivity contribution in [3.8, 4) is 17.5 Å². The number of hydrogen-bond acceptors (Lipinski definition) is 6. The van der Waals surface area contributed by atoms with Crippen LogP contribution in [0.5, 0.6) is 0 Å². The standard InChI is InChI=1S/C36H43ClN6O2/c1-26-39-40-33-36(18-19-36)38-32(28-13-15-29(37)16-14-28)30-25-27(12-17-31(30)43(26)33)11-9-7-5-6-8-10-20-41-21-23-42(24-22-41)34(44)45-35(2,3)4/h12-17,25H,5-8,10,18-24H2,1-4H3. The van der Waals surface area contributed by atoms with Crippen LogP contribution in [0.1, 0.15) is 94.1 Å². The number of aromatic nitrogens is 3. The first-order chi connectivity index (χ1) is 21.6. The van der Waals surface area contributed by atoms with Crippen LogP contribution in [0.15, 0.2) is 47.5 Å². The minimum atomic E-state index is -0.447. The molecule has 3 aromatic rings. The third kappa shape index (κ3) is 7.26. The van der Waals surface area contributed by atoms with Crippen molar-refractivity contribution in [3.63, 3.8) is 0 Å². The van der Waals surface area contributed by atoms with Crippen LogP contribution in [0.2, 0.25) is 5.02 Å². The van der Waals surface area contributed by atoms with Crippen LogP contribution in [-0.2, 0) is 10.3 Å². The number of amides is 1. The first-order valence-corrected chi connectivity index (χ1v) is 16.6. The van der Waals surface area contributed by atoms with Gasteiger partial charge in [-0.15, -0.1) is 10.2 Å². The van der Waals surface area contributed by atoms with Crippen LogP contribution in [0, 0.1) is 18.8 Å². The Bertz CT molecular complexity index is 1630. The fourth-order valence-corrected chi connectivity index (χ4v) is 6.23. The first kappa shape index (κ1) is 31.3. The number of rotatable bonds is 7. The number of benzene rings is 2. The molecule has 3 heterocycles. The summed E-state index contributed by atoms with van der Waals surface area (Å²) in [7, 11) is 0. The average Bonchev–Trinajstić information content (AvgIpc) is 3.71. The molecule has 2 aromatic carbocycles. The Morgan fingerprint density at radius 3 is 2.42 bits per heavy atom. The van der Waals surface area contributed by atoms with Gasteiger partial charge in [-0.1, -0.05) is 48.4 Å². The zero-order valence-corrected chi connectivity index (χ0v) is 27.7. The molecule has 8 nitrogen and oxygen atoms in total. The van der Waals surface area contributed by atoms with Gasteiger partial charge < -0.3 is 9.64 Å². The van der Waals surface area contributed by atoms with Crippen molar-refractivity contribution in [1.29, 1.82) is 0 Å². The van der Waals surface area contributed by atoms with E-state index < -0.39 is 5.60 Å². The van der Waals surface area contributed by atoms with Crippen molar-refractivity contribution in [3.05, 3.63) is 75.8 Å². The molecule has 9 heteroatoms. The predicted octanol–water partition coefficient (Wildman–Crippen LogP) is 6.92. The summed E-state index contributed by atoms with van der Waals surface area (Å²) in [5.41, 5.74) is 4.30. The number of nitrogens with zero attached hydrogens (tertiary/aromatic N) is 6. The van der Waals surface area contributed by atoms with Crippen molar-refractivity contribution in [2.45, 2.75) is 83.8 Å². The SMILES string of the molecule is Cc1nnc2n1-c1ccc(C#CCCCCCCN3CCN(C(=O)OC(C)(C)C)CC3)cc1C(c1ccc(Cl)cc1)=NC21CC1. The molecule has 2 fully saturated rings. The molecule has 1 aliphatic carbocycles. The highest BCUT2D eigenvalue weighted by molar-refractivity contribution is 6.30. The molecular formula is C36H43ClN6O2. The summed E-state index contributed by atoms with van der Waals surface area (Å²) in [5.74, 6) is 8.62. The minimum Gasteiger partial charge on any atom is -0.444 e. The third-order valence-electron chi connectivity index (χ3n) is 8.68. The summed E-state index contributed by atoms with van der Waals surface area (Å²) in [4.78, 5) is 21.9. The fourth-order valence-electron chi connectivity index (χ4n) is 6.10. The zero-order valence-electron chi connectivity index (χ0n) is 26.9. The highest BCUT2D eigenvalue weighted by Crippen LogP contribution is 2.51. The van der Waals surface area contributed by atoms with Crippen molar-refractivity contribution in [1.82, 2.24) is 24.6 Å². The molecule has 1 saturated carbocycles. The van der Waals surface area contributed by atoms with Gasteiger partial charge in [-0.25, -0.2) is 4.79 Å². The zero-order chi connectivity index (χ0) is 31.6. The van der Waals surface area contributed by atoms with Gasteiger partial charge >= 0.3 is 6.09 Å². The van der Waals surface area contributed by atoms with Crippen molar-refractivity contribution in [2.75, 3.05) is 32.7 Å². The first-order valence-electron chi connectivity index (χ1n) is 16.2. The van der Waals surface area contributed by atoms with E-state index in [2.05, 4.69) is 49.7 Å². The Labute approximate surface area is 271 Å². The topological polar surface area (TPSA) is 75.9 Å². The largest absolute Gasteiger partial charge is 0.444 e. The van der Waals surface area contributed by atoms with E-state index in [0.717, 1.165) is 98.1 Å². The van der Waals surface area contributed by atoms with E-state index in [-0.39, 0.29) is 11.6 Å². The lowest BCUT2D eigenvalue weighted by atomic mass is 9.98. The molecule has 0 N–H and O–H groups in total. The molecule has 0 bridgehead atoms. The molecule has 1 saturated heterocycles. The van der Waals surface area contributed by atoms with Gasteiger partial charge in [0.15, 0.2) is 5.82 Å². The van der Waals surface area contributed by atoms with Gasteiger partial charge in [0.2, 0.25) is 0 Å². The molecule has 45 heavy (non-hydrogen) atoms. The number of aryl methyl sites for hydroxylation is 1. The number of fused-ring (bicyclic) bond motifs is 4. The molecule has 3 aliphatic rings. The summed E-state index contributed by atoms with van der Waals surface area (Å²) in [6.07, 6.45) is 7.23. The number of carbonyl (C=O) groups excluding carboxylic acids is 1. The number of aliphatic imine (C=N–C) groups is 1. The van der Waals surface area contributed by atoms with E-state index in [0.29, 0.717) is 5.02 Å². The Balaban J connectivity index is 1.03. The Hall–Kier alpha value is -3.67. The van der Waals surface area contributed by atoms with E-state index in [1.165, 1.54) is 19.3 Å². The Morgan fingerprint density at radius 2 is 1.71 bits per heavy atom. The Kier molecular flexibility index (Phi) is 9.03. The lowest BCUT2D eigenvalue weighted by Gasteiger charge is -2.35. The highest BCUT2D eigenvalue weighted by atomic mass is 35.5. The van der Waals surface area contributed by atoms with E-state index >= 15 is 0 Å². The van der Waals surface area contributed by atoms with E-state index in [9.17, 15) is 4.79 Å². The van der Waals surface area contributed by atoms with Crippen LogP contribution in [-0.4, -0.2) is 74.7 Å². The molecule has 0 unspecified atom stereocenters. The lowest BCUT2D eigenvalue weighted by molar-refractivity contribution is 0.0144. The van der Waals surface area contributed by atoms with E-state index in [1.54, 1.807) is 0 Å². The summed E-state index contributed by atoms with van der Waals surface area (Å²) in [5, 5.41) is 9.70. The van der Waals surface area contributed by atoms with Crippen LogP contribution in [0.25, 0.3) is 5.69 Å². The second-order valence-corrected chi connectivity index (χ2v) is 13.8. The van der Waals surface area contributed by atoms with E-state index in [4.69, 9.17) is 21.3 Å². The predicted molar refractivity (Wildman–Crippen MR) is 178 cm³/mol. The van der Waals surface area contributed by atoms with Gasteiger partial charge in [0.1, 0.15) is 17.0 Å². The summed E-state index contributed by atoms with van der Waals surface area (Å²) in [6, 6.07) is 14.3. The smallest absolute Gasteiger partial charge is 0.410 e. The van der Waals surface area contributed by atoms with Crippen LogP contribution in [0.4, 0.5) is 4.79 Å². The monoisotopic (exact) mass is 626 g/mol. The third-order valence-corrected chi connectivity index (χ3v) is 8.94. The van der Waals surface area contributed by atoms with Gasteiger partial charge in [-0.2, -0.15) is 0 Å². The van der Waals surface area contributed by atoms with Gasteiger partial charge in [-0.05, 0) is 90.3 Å². The maximum atomic E-state index is 12.3. The summed E-state index contributed by atoms with van der Waals surface area (Å²) >= 11 is 6.23. The normalized spacial score (nSPS) is 17.1. The Morgan fingerprint density at radius 1 is 0.978 bits per heavy atom. The highest BCUT2D eigenvalue weighted by Gasteiger charge is 2.51. The number of halogens is 1. The fraction of sp³-hybridized carbons (Fsp3) is 0.500.